The number of aliphatic hydroxyl groups is 1. The molecule has 0 unspecified atom stereocenters. The van der Waals surface area contributed by atoms with Gasteiger partial charge in [0.15, 0.2) is 6.10 Å². The van der Waals surface area contributed by atoms with Crippen molar-refractivity contribution in [2.24, 2.45) is 0 Å². The molecule has 0 heterocycles. The first kappa shape index (κ1) is 22.7. The minimum atomic E-state index is -4.61. The van der Waals surface area contributed by atoms with E-state index < -0.39 is 58.6 Å². The van der Waals surface area contributed by atoms with Gasteiger partial charge >= 0.3 is 17.8 Å². The van der Waals surface area contributed by atoms with Crippen LogP contribution in [-0.2, 0) is 22.2 Å². The monoisotopic (exact) mass is 430 g/mol. The zero-order valence-electron chi connectivity index (χ0n) is 14.9. The molecule has 0 saturated heterocycles. The number of halogens is 4. The number of benzene rings is 2. The van der Waals surface area contributed by atoms with Crippen LogP contribution in [-0.4, -0.2) is 33.1 Å². The average Bonchev–Trinajstić information content (AvgIpc) is 2.67. The van der Waals surface area contributed by atoms with Crippen molar-refractivity contribution in [1.82, 2.24) is 5.32 Å². The minimum absolute atomic E-state index is 0.0276. The van der Waals surface area contributed by atoms with E-state index in [1.54, 1.807) is 0 Å². The van der Waals surface area contributed by atoms with Gasteiger partial charge in [-0.3, -0.25) is 14.9 Å². The summed E-state index contributed by atoms with van der Waals surface area (Å²) >= 11 is 0. The van der Waals surface area contributed by atoms with Crippen LogP contribution in [0.5, 0.6) is 0 Å². The Bertz CT molecular complexity index is 962. The molecular formula is C18H14F4N2O6. The Morgan fingerprint density at radius 1 is 1.13 bits per heavy atom. The number of nitrogens with one attached hydrogen (secondary N) is 1. The van der Waals surface area contributed by atoms with E-state index in [2.05, 4.69) is 0 Å². The quantitative estimate of drug-likeness (QED) is 0.352. The molecule has 0 bridgehead atoms. The highest BCUT2D eigenvalue weighted by Gasteiger charge is 2.31. The Morgan fingerprint density at radius 3 is 2.23 bits per heavy atom. The molecule has 0 aromatic heterocycles. The van der Waals surface area contributed by atoms with Crippen LogP contribution < -0.4 is 5.32 Å². The zero-order valence-corrected chi connectivity index (χ0v) is 14.9. The van der Waals surface area contributed by atoms with Gasteiger partial charge in [0, 0.05) is 12.5 Å². The number of rotatable bonds is 7. The second-order valence-electron chi connectivity index (χ2n) is 6.17. The normalized spacial score (nSPS) is 13.4. The van der Waals surface area contributed by atoms with Crippen molar-refractivity contribution in [1.29, 1.82) is 0 Å². The van der Waals surface area contributed by atoms with Gasteiger partial charge in [-0.25, -0.2) is 4.79 Å². The molecule has 160 valence electrons. The van der Waals surface area contributed by atoms with Crippen molar-refractivity contribution < 1.29 is 42.3 Å². The summed E-state index contributed by atoms with van der Waals surface area (Å²) in [7, 11) is 0. The van der Waals surface area contributed by atoms with Crippen LogP contribution in [0.1, 0.15) is 22.8 Å². The molecule has 0 fully saturated rings. The van der Waals surface area contributed by atoms with Gasteiger partial charge < -0.3 is 15.5 Å². The van der Waals surface area contributed by atoms with Crippen molar-refractivity contribution >= 4 is 17.6 Å². The van der Waals surface area contributed by atoms with E-state index in [1.165, 1.54) is 0 Å². The summed E-state index contributed by atoms with van der Waals surface area (Å²) in [6.07, 6.45) is -7.04. The molecule has 3 N–H and O–H groups in total. The van der Waals surface area contributed by atoms with Crippen LogP contribution in [0.2, 0.25) is 0 Å². The smallest absolute Gasteiger partial charge is 0.416 e. The Hall–Kier alpha value is -3.54. The number of nitrogens with zero attached hydrogens (tertiary/aromatic N) is 1. The van der Waals surface area contributed by atoms with Gasteiger partial charge in [-0.2, -0.15) is 17.6 Å². The number of carbonyl (C=O) groups is 2. The third-order valence-electron chi connectivity index (χ3n) is 4.06. The predicted molar refractivity (Wildman–Crippen MR) is 92.7 cm³/mol. The third-order valence-corrected chi connectivity index (χ3v) is 4.06. The fourth-order valence-electron chi connectivity index (χ4n) is 2.52. The van der Waals surface area contributed by atoms with E-state index in [-0.39, 0.29) is 11.1 Å². The lowest BCUT2D eigenvalue weighted by atomic mass is 10.0. The second-order valence-corrected chi connectivity index (χ2v) is 6.17. The Balaban J connectivity index is 2.14. The van der Waals surface area contributed by atoms with E-state index in [0.717, 1.165) is 30.3 Å². The molecule has 0 aliphatic rings. The summed E-state index contributed by atoms with van der Waals surface area (Å²) < 4.78 is 51.1. The van der Waals surface area contributed by atoms with E-state index >= 15 is 0 Å². The maximum atomic E-state index is 13.4. The number of nitro groups is 1. The summed E-state index contributed by atoms with van der Waals surface area (Å²) in [6.45, 7) is 0. The fraction of sp³-hybridized carbons (Fsp3) is 0.222. The van der Waals surface area contributed by atoms with E-state index in [1.807, 2.05) is 5.32 Å². The highest BCUT2D eigenvalue weighted by atomic mass is 19.4. The van der Waals surface area contributed by atoms with Crippen molar-refractivity contribution in [3.63, 3.8) is 0 Å². The molecule has 0 spiro atoms. The number of aliphatic carboxylic acids is 1. The number of hydrogen-bond donors (Lipinski definition) is 3. The van der Waals surface area contributed by atoms with Crippen LogP contribution in [0.15, 0.2) is 42.5 Å². The van der Waals surface area contributed by atoms with Crippen molar-refractivity contribution in [2.45, 2.75) is 24.7 Å². The van der Waals surface area contributed by atoms with Gasteiger partial charge in [0.2, 0.25) is 5.82 Å². The summed E-state index contributed by atoms with van der Waals surface area (Å²) in [4.78, 5) is 33.3. The molecule has 8 nitrogen and oxygen atoms in total. The average molecular weight is 430 g/mol. The fourth-order valence-corrected chi connectivity index (χ4v) is 2.52. The minimum Gasteiger partial charge on any atom is -0.480 e. The summed E-state index contributed by atoms with van der Waals surface area (Å²) in [5.74, 6) is -3.88. The highest BCUT2D eigenvalue weighted by molar-refractivity contribution is 5.87. The highest BCUT2D eigenvalue weighted by Crippen LogP contribution is 2.30. The first-order valence-corrected chi connectivity index (χ1v) is 8.21. The molecule has 0 radical (unpaired) electrons. The molecule has 2 rings (SSSR count). The largest absolute Gasteiger partial charge is 0.480 e. The summed E-state index contributed by atoms with van der Waals surface area (Å²) in [5.41, 5.74) is -2.06. The number of nitro benzene ring substituents is 1. The van der Waals surface area contributed by atoms with E-state index in [9.17, 15) is 47.5 Å². The Labute approximate surface area is 165 Å². The van der Waals surface area contributed by atoms with Crippen LogP contribution in [0, 0.1) is 15.9 Å². The number of amides is 1. The SMILES string of the molecule is O=C(O)[C@H](Cc1ccc(F)c([N+](=O)[O-])c1)NC(=O)[C@H](O)c1ccc(C(F)(F)F)cc1. The molecule has 30 heavy (non-hydrogen) atoms. The number of alkyl halides is 3. The van der Waals surface area contributed by atoms with E-state index in [4.69, 9.17) is 0 Å². The van der Waals surface area contributed by atoms with Gasteiger partial charge in [0.25, 0.3) is 5.91 Å². The maximum Gasteiger partial charge on any atom is 0.416 e. The molecule has 2 aromatic carbocycles. The number of carbonyl (C=O) groups excluding carboxylic acids is 1. The van der Waals surface area contributed by atoms with Crippen molar-refractivity contribution in [3.8, 4) is 0 Å². The Kier molecular flexibility index (Phi) is 6.72. The van der Waals surface area contributed by atoms with Crippen LogP contribution in [0.3, 0.4) is 0 Å². The Morgan fingerprint density at radius 2 is 1.73 bits per heavy atom. The lowest BCUT2D eigenvalue weighted by molar-refractivity contribution is -0.387. The number of hydrogen-bond acceptors (Lipinski definition) is 5. The lowest BCUT2D eigenvalue weighted by Crippen LogP contribution is -2.44. The first-order chi connectivity index (χ1) is 13.9. The number of carboxylic acid groups (broad SMARTS) is 1. The van der Waals surface area contributed by atoms with Gasteiger partial charge in [0.1, 0.15) is 6.04 Å². The van der Waals surface area contributed by atoms with Gasteiger partial charge in [-0.15, -0.1) is 0 Å². The topological polar surface area (TPSA) is 130 Å². The van der Waals surface area contributed by atoms with Crippen molar-refractivity contribution in [2.75, 3.05) is 0 Å². The first-order valence-electron chi connectivity index (χ1n) is 8.21. The molecule has 2 aromatic rings. The maximum absolute atomic E-state index is 13.4. The van der Waals surface area contributed by atoms with Gasteiger partial charge in [-0.1, -0.05) is 18.2 Å². The second kappa shape index (κ2) is 8.86. The van der Waals surface area contributed by atoms with Crippen LogP contribution in [0.25, 0.3) is 0 Å². The molecule has 1 amide bonds. The van der Waals surface area contributed by atoms with Crippen LogP contribution in [0.4, 0.5) is 23.2 Å². The third kappa shape index (κ3) is 5.50. The molecule has 0 aliphatic carbocycles. The summed E-state index contributed by atoms with van der Waals surface area (Å²) in [5, 5.41) is 32.0. The number of aliphatic hydroxyl groups excluding tert-OH is 1. The molecule has 0 saturated carbocycles. The molecule has 0 aliphatic heterocycles. The van der Waals surface area contributed by atoms with Gasteiger partial charge in [0.05, 0.1) is 10.5 Å². The molecular weight excluding hydrogens is 416 g/mol. The lowest BCUT2D eigenvalue weighted by Gasteiger charge is -2.18. The predicted octanol–water partition coefficient (Wildman–Crippen LogP) is 2.60. The molecule has 12 heteroatoms. The molecule has 2 atom stereocenters. The zero-order chi connectivity index (χ0) is 22.6. The van der Waals surface area contributed by atoms with E-state index in [0.29, 0.717) is 12.1 Å². The standard InChI is InChI=1S/C18H14F4N2O6/c19-12-6-1-9(8-14(12)24(29)30)7-13(17(27)28)23-16(26)15(25)10-2-4-11(5-3-10)18(20,21)22/h1-6,8,13,15,25H,7H2,(H,23,26)(H,27,28)/t13-,15+/m0/s1. The van der Waals surface area contributed by atoms with Crippen LogP contribution >= 0.6 is 0 Å². The number of carboxylic acids is 1. The summed E-state index contributed by atoms with van der Waals surface area (Å²) in [6, 6.07) is 4.06. The van der Waals surface area contributed by atoms with Gasteiger partial charge in [-0.05, 0) is 29.3 Å². The van der Waals surface area contributed by atoms with Crippen molar-refractivity contribution in [3.05, 3.63) is 75.1 Å².